The molecule has 1 saturated heterocycles. The van der Waals surface area contributed by atoms with E-state index in [2.05, 4.69) is 21.2 Å². The number of rotatable bonds is 4. The van der Waals surface area contributed by atoms with Crippen molar-refractivity contribution in [3.05, 3.63) is 34.1 Å². The highest BCUT2D eigenvalue weighted by Crippen LogP contribution is 2.16. The fraction of sp³-hybridized carbons (Fsp3) is 0.500. The largest absolute Gasteiger partial charge is 0.342 e. The van der Waals surface area contributed by atoms with Gasteiger partial charge in [0.15, 0.2) is 0 Å². The molecule has 0 aromatic heterocycles. The number of halogens is 2. The normalized spacial score (nSPS) is 15.6. The van der Waals surface area contributed by atoms with Crippen LogP contribution in [0.25, 0.3) is 0 Å². The topological polar surface area (TPSA) is 32.3 Å². The predicted octanol–water partition coefficient (Wildman–Crippen LogP) is 2.69. The van der Waals surface area contributed by atoms with Crippen molar-refractivity contribution < 1.29 is 9.18 Å². The Morgan fingerprint density at radius 2 is 2.05 bits per heavy atom. The van der Waals surface area contributed by atoms with Crippen LogP contribution in [0.15, 0.2) is 22.7 Å². The van der Waals surface area contributed by atoms with Crippen LogP contribution >= 0.6 is 15.9 Å². The molecule has 0 bridgehead atoms. The van der Waals surface area contributed by atoms with Crippen molar-refractivity contribution in [1.82, 2.24) is 10.2 Å². The molecular formula is C14H18BrFN2O. The van der Waals surface area contributed by atoms with E-state index in [9.17, 15) is 9.18 Å². The van der Waals surface area contributed by atoms with E-state index in [0.717, 1.165) is 31.5 Å². The second-order valence-electron chi connectivity index (χ2n) is 4.79. The number of nitrogens with one attached hydrogen (secondary N) is 1. The molecule has 1 aromatic rings. The Balaban J connectivity index is 1.76. The first-order valence-corrected chi connectivity index (χ1v) is 7.38. The molecule has 1 fully saturated rings. The van der Waals surface area contributed by atoms with Crippen LogP contribution in [0.3, 0.4) is 0 Å². The summed E-state index contributed by atoms with van der Waals surface area (Å²) in [7, 11) is 0. The summed E-state index contributed by atoms with van der Waals surface area (Å²) in [5.41, 5.74) is 0.840. The zero-order chi connectivity index (χ0) is 13.7. The van der Waals surface area contributed by atoms with Gasteiger partial charge in [0.05, 0.1) is 11.0 Å². The van der Waals surface area contributed by atoms with Crippen LogP contribution in [0.5, 0.6) is 0 Å². The number of likely N-dealkylation sites (tertiary alicyclic amines) is 1. The van der Waals surface area contributed by atoms with Gasteiger partial charge < -0.3 is 10.2 Å². The first-order valence-electron chi connectivity index (χ1n) is 6.59. The molecule has 1 aromatic carbocycles. The maximum Gasteiger partial charge on any atom is 0.236 e. The van der Waals surface area contributed by atoms with Crippen LogP contribution in [0.4, 0.5) is 4.39 Å². The minimum atomic E-state index is -0.276. The average Bonchev–Trinajstić information content (AvgIpc) is 2.43. The van der Waals surface area contributed by atoms with Gasteiger partial charge in [0.2, 0.25) is 5.91 Å². The average molecular weight is 329 g/mol. The number of nitrogens with zero attached hydrogens (tertiary/aromatic N) is 1. The van der Waals surface area contributed by atoms with Gasteiger partial charge in [-0.2, -0.15) is 0 Å². The smallest absolute Gasteiger partial charge is 0.236 e. The number of hydrogen-bond donors (Lipinski definition) is 1. The van der Waals surface area contributed by atoms with Gasteiger partial charge >= 0.3 is 0 Å². The number of amides is 1. The van der Waals surface area contributed by atoms with E-state index in [4.69, 9.17) is 0 Å². The van der Waals surface area contributed by atoms with Crippen LogP contribution in [-0.4, -0.2) is 30.4 Å². The minimum Gasteiger partial charge on any atom is -0.342 e. The van der Waals surface area contributed by atoms with Gasteiger partial charge in [0, 0.05) is 19.6 Å². The summed E-state index contributed by atoms with van der Waals surface area (Å²) in [6.07, 6.45) is 3.42. The summed E-state index contributed by atoms with van der Waals surface area (Å²) in [4.78, 5) is 13.8. The van der Waals surface area contributed by atoms with Crippen molar-refractivity contribution in [2.75, 3.05) is 19.6 Å². The summed E-state index contributed by atoms with van der Waals surface area (Å²) < 4.78 is 13.8. The van der Waals surface area contributed by atoms with Crippen molar-refractivity contribution >= 4 is 21.8 Å². The molecular weight excluding hydrogens is 311 g/mol. The summed E-state index contributed by atoms with van der Waals surface area (Å²) in [5, 5.41) is 3.07. The fourth-order valence-corrected chi connectivity index (χ4v) is 2.47. The third-order valence-corrected chi connectivity index (χ3v) is 3.94. The molecule has 0 aliphatic carbocycles. The molecule has 1 aliphatic rings. The fourth-order valence-electron chi connectivity index (χ4n) is 2.22. The molecule has 0 saturated carbocycles. The van der Waals surface area contributed by atoms with Crippen molar-refractivity contribution in [1.29, 1.82) is 0 Å². The standard InChI is InChI=1S/C14H18BrFN2O/c15-12-5-4-11(8-13(12)16)9-17-10-14(19)18-6-2-1-3-7-18/h4-5,8,17H,1-3,6-7,9-10H2. The zero-order valence-electron chi connectivity index (χ0n) is 10.8. The van der Waals surface area contributed by atoms with Gasteiger partial charge in [-0.3, -0.25) is 4.79 Å². The molecule has 0 atom stereocenters. The van der Waals surface area contributed by atoms with Gasteiger partial charge in [-0.15, -0.1) is 0 Å². The van der Waals surface area contributed by atoms with E-state index in [1.807, 2.05) is 11.0 Å². The summed E-state index contributed by atoms with van der Waals surface area (Å²) in [5.74, 6) is -0.140. The zero-order valence-corrected chi connectivity index (χ0v) is 12.4. The minimum absolute atomic E-state index is 0.136. The summed E-state index contributed by atoms with van der Waals surface area (Å²) >= 11 is 3.12. The second kappa shape index (κ2) is 7.01. The summed E-state index contributed by atoms with van der Waals surface area (Å²) in [6, 6.07) is 4.99. The third-order valence-electron chi connectivity index (χ3n) is 3.30. The lowest BCUT2D eigenvalue weighted by molar-refractivity contribution is -0.131. The quantitative estimate of drug-likeness (QED) is 0.921. The Labute approximate surface area is 121 Å². The van der Waals surface area contributed by atoms with Crippen LogP contribution in [0, 0.1) is 5.82 Å². The Bertz CT molecular complexity index is 447. The number of carbonyl (C=O) groups excluding carboxylic acids is 1. The predicted molar refractivity (Wildman–Crippen MR) is 76.2 cm³/mol. The highest BCUT2D eigenvalue weighted by atomic mass is 79.9. The monoisotopic (exact) mass is 328 g/mol. The van der Waals surface area contributed by atoms with E-state index < -0.39 is 0 Å². The Hall–Kier alpha value is -0.940. The van der Waals surface area contributed by atoms with E-state index in [0.29, 0.717) is 17.6 Å². The first-order chi connectivity index (χ1) is 9.16. The van der Waals surface area contributed by atoms with E-state index in [1.165, 1.54) is 12.5 Å². The van der Waals surface area contributed by atoms with Crippen molar-refractivity contribution in [2.45, 2.75) is 25.8 Å². The summed E-state index contributed by atoms with van der Waals surface area (Å²) in [6.45, 7) is 2.56. The van der Waals surface area contributed by atoms with Gasteiger partial charge in [-0.25, -0.2) is 4.39 Å². The van der Waals surface area contributed by atoms with Gasteiger partial charge in [0.1, 0.15) is 5.82 Å². The number of piperidine rings is 1. The maximum atomic E-state index is 13.3. The van der Waals surface area contributed by atoms with Crippen LogP contribution in [0.1, 0.15) is 24.8 Å². The highest BCUT2D eigenvalue weighted by molar-refractivity contribution is 9.10. The molecule has 0 unspecified atom stereocenters. The Morgan fingerprint density at radius 1 is 1.32 bits per heavy atom. The molecule has 1 amide bonds. The Kier molecular flexibility index (Phi) is 5.34. The van der Waals surface area contributed by atoms with Gasteiger partial charge in [-0.1, -0.05) is 6.07 Å². The van der Waals surface area contributed by atoms with Crippen LogP contribution in [-0.2, 0) is 11.3 Å². The number of carbonyl (C=O) groups is 1. The van der Waals surface area contributed by atoms with Crippen LogP contribution in [0.2, 0.25) is 0 Å². The van der Waals surface area contributed by atoms with Gasteiger partial charge in [-0.05, 0) is 52.9 Å². The lowest BCUT2D eigenvalue weighted by atomic mass is 10.1. The van der Waals surface area contributed by atoms with E-state index in [1.54, 1.807) is 6.07 Å². The molecule has 1 aliphatic heterocycles. The Morgan fingerprint density at radius 3 is 2.74 bits per heavy atom. The molecule has 1 heterocycles. The van der Waals surface area contributed by atoms with Crippen molar-refractivity contribution in [2.24, 2.45) is 0 Å². The molecule has 104 valence electrons. The highest BCUT2D eigenvalue weighted by Gasteiger charge is 2.15. The van der Waals surface area contributed by atoms with Gasteiger partial charge in [0.25, 0.3) is 0 Å². The molecule has 5 heteroatoms. The molecule has 3 nitrogen and oxygen atoms in total. The molecule has 0 spiro atoms. The first kappa shape index (κ1) is 14.5. The lowest BCUT2D eigenvalue weighted by Crippen LogP contribution is -2.40. The van der Waals surface area contributed by atoms with Crippen molar-refractivity contribution in [3.8, 4) is 0 Å². The maximum absolute atomic E-state index is 13.3. The molecule has 1 N–H and O–H groups in total. The van der Waals surface area contributed by atoms with Crippen LogP contribution < -0.4 is 5.32 Å². The van der Waals surface area contributed by atoms with Crippen molar-refractivity contribution in [3.63, 3.8) is 0 Å². The SMILES string of the molecule is O=C(CNCc1ccc(Br)c(F)c1)N1CCCCC1. The number of benzene rings is 1. The molecule has 0 radical (unpaired) electrons. The van der Waals surface area contributed by atoms with E-state index >= 15 is 0 Å². The lowest BCUT2D eigenvalue weighted by Gasteiger charge is -2.26. The second-order valence-corrected chi connectivity index (χ2v) is 5.65. The molecule has 19 heavy (non-hydrogen) atoms. The number of hydrogen-bond acceptors (Lipinski definition) is 2. The molecule has 2 rings (SSSR count). The van der Waals surface area contributed by atoms with E-state index in [-0.39, 0.29) is 11.7 Å². The third kappa shape index (κ3) is 4.28.